The number of rotatable bonds is 7. The van der Waals surface area contributed by atoms with E-state index in [2.05, 4.69) is 48.0 Å². The second-order valence-corrected chi connectivity index (χ2v) is 10.1. The maximum atomic E-state index is 13.6. The van der Waals surface area contributed by atoms with Crippen molar-refractivity contribution in [3.05, 3.63) is 105 Å². The van der Waals surface area contributed by atoms with Gasteiger partial charge in [-0.15, -0.1) is 0 Å². The second-order valence-electron chi connectivity index (χ2n) is 9.14. The van der Waals surface area contributed by atoms with Gasteiger partial charge >= 0.3 is 0 Å². The molecule has 34 heavy (non-hydrogen) atoms. The molecule has 3 aromatic carbocycles. The van der Waals surface area contributed by atoms with Crippen molar-refractivity contribution in [1.29, 1.82) is 0 Å². The Kier molecular flexibility index (Phi) is 6.87. The Balaban J connectivity index is 1.66. The summed E-state index contributed by atoms with van der Waals surface area (Å²) in [6.45, 7) is 6.62. The fraction of sp³-hybridized carbons (Fsp3) is 0.241. The number of ketones is 1. The van der Waals surface area contributed by atoms with Gasteiger partial charge in [-0.25, -0.2) is 0 Å². The van der Waals surface area contributed by atoms with Gasteiger partial charge in [-0.1, -0.05) is 84.4 Å². The number of allylic oxidation sites excluding steroid dienone is 1. The van der Waals surface area contributed by atoms with Gasteiger partial charge in [-0.2, -0.15) is 0 Å². The molecule has 4 rings (SSSR count). The van der Waals surface area contributed by atoms with E-state index in [0.29, 0.717) is 23.7 Å². The number of carbonyl (C=O) groups is 2. The van der Waals surface area contributed by atoms with E-state index in [-0.39, 0.29) is 12.2 Å². The summed E-state index contributed by atoms with van der Waals surface area (Å²) in [5, 5.41) is 11.6. The van der Waals surface area contributed by atoms with E-state index in [1.54, 1.807) is 17.0 Å². The minimum absolute atomic E-state index is 0.314. The standard InChI is InChI=1S/C29H28BrNO3/c1-19(2)22-11-9-20(3)23(15-22)18-31-27-14-12-24(30)16-26(27)29(34,28(31)33)17-25(32)13-10-21-7-5-4-6-8-21/h4-16,19,34H,17-18H2,1-3H3. The lowest BCUT2D eigenvalue weighted by atomic mass is 9.89. The highest BCUT2D eigenvalue weighted by Crippen LogP contribution is 2.44. The number of nitrogens with zero attached hydrogens (tertiary/aromatic N) is 1. The highest BCUT2D eigenvalue weighted by atomic mass is 79.9. The number of fused-ring (bicyclic) bond motifs is 1. The number of halogens is 1. The summed E-state index contributed by atoms with van der Waals surface area (Å²) in [4.78, 5) is 28.1. The molecule has 0 fully saturated rings. The number of benzene rings is 3. The van der Waals surface area contributed by atoms with Gasteiger partial charge in [0, 0.05) is 10.0 Å². The summed E-state index contributed by atoms with van der Waals surface area (Å²) in [7, 11) is 0. The summed E-state index contributed by atoms with van der Waals surface area (Å²) < 4.78 is 0.740. The fourth-order valence-corrected chi connectivity index (χ4v) is 4.67. The van der Waals surface area contributed by atoms with Crippen LogP contribution in [0.3, 0.4) is 0 Å². The van der Waals surface area contributed by atoms with Gasteiger partial charge < -0.3 is 10.0 Å². The lowest BCUT2D eigenvalue weighted by molar-refractivity contribution is -0.140. The maximum absolute atomic E-state index is 13.6. The zero-order valence-corrected chi connectivity index (χ0v) is 21.2. The van der Waals surface area contributed by atoms with E-state index in [9.17, 15) is 14.7 Å². The molecule has 0 bridgehead atoms. The molecule has 0 aromatic heterocycles. The van der Waals surface area contributed by atoms with Crippen molar-refractivity contribution in [3.63, 3.8) is 0 Å². The van der Waals surface area contributed by atoms with Crippen molar-refractivity contribution in [1.82, 2.24) is 0 Å². The predicted octanol–water partition coefficient (Wildman–Crippen LogP) is 6.29. The van der Waals surface area contributed by atoms with Gasteiger partial charge in [0.1, 0.15) is 0 Å². The molecule has 0 radical (unpaired) electrons. The van der Waals surface area contributed by atoms with Crippen LogP contribution in [0.5, 0.6) is 0 Å². The van der Waals surface area contributed by atoms with Gasteiger partial charge in [0.25, 0.3) is 5.91 Å². The van der Waals surface area contributed by atoms with Gasteiger partial charge in [-0.3, -0.25) is 9.59 Å². The molecule has 1 atom stereocenters. The highest BCUT2D eigenvalue weighted by Gasteiger charge is 2.50. The Bertz CT molecular complexity index is 1270. The van der Waals surface area contributed by atoms with Crippen LogP contribution in [0.15, 0.2) is 77.3 Å². The van der Waals surface area contributed by atoms with Gasteiger partial charge in [0.2, 0.25) is 0 Å². The number of carbonyl (C=O) groups excluding carboxylic acids is 2. The summed E-state index contributed by atoms with van der Waals surface area (Å²) in [6, 6.07) is 21.2. The molecule has 1 aliphatic heterocycles. The number of amides is 1. The molecule has 174 valence electrons. The molecule has 0 spiro atoms. The Morgan fingerprint density at radius 1 is 1.09 bits per heavy atom. The molecule has 3 aromatic rings. The predicted molar refractivity (Wildman–Crippen MR) is 140 cm³/mol. The zero-order chi connectivity index (χ0) is 24.5. The minimum atomic E-state index is -1.92. The Morgan fingerprint density at radius 3 is 2.53 bits per heavy atom. The molecule has 1 amide bonds. The molecule has 0 saturated heterocycles. The Morgan fingerprint density at radius 2 is 1.82 bits per heavy atom. The van der Waals surface area contributed by atoms with Crippen LogP contribution >= 0.6 is 15.9 Å². The van der Waals surface area contributed by atoms with Crippen molar-refractivity contribution < 1.29 is 14.7 Å². The van der Waals surface area contributed by atoms with Crippen LogP contribution in [-0.2, 0) is 21.7 Å². The average Bonchev–Trinajstić information content (AvgIpc) is 3.01. The number of aliphatic hydroxyl groups is 1. The first-order valence-electron chi connectivity index (χ1n) is 11.4. The third-order valence-corrected chi connectivity index (χ3v) is 6.85. The zero-order valence-electron chi connectivity index (χ0n) is 19.6. The first-order chi connectivity index (χ1) is 16.2. The number of hydrogen-bond donors (Lipinski definition) is 1. The largest absolute Gasteiger partial charge is 0.375 e. The lowest BCUT2D eigenvalue weighted by Gasteiger charge is -2.23. The molecule has 1 heterocycles. The molecule has 1 aliphatic rings. The van der Waals surface area contributed by atoms with Crippen LogP contribution in [0.1, 0.15) is 54.0 Å². The van der Waals surface area contributed by atoms with Crippen LogP contribution in [0.25, 0.3) is 6.08 Å². The second kappa shape index (κ2) is 9.69. The van der Waals surface area contributed by atoms with Crippen molar-refractivity contribution in [2.45, 2.75) is 45.3 Å². The molecule has 1 unspecified atom stereocenters. The van der Waals surface area contributed by atoms with Crippen LogP contribution in [0.4, 0.5) is 5.69 Å². The molecular weight excluding hydrogens is 490 g/mol. The third-order valence-electron chi connectivity index (χ3n) is 6.35. The smallest absolute Gasteiger partial charge is 0.264 e. The van der Waals surface area contributed by atoms with Gasteiger partial charge in [0.05, 0.1) is 18.7 Å². The van der Waals surface area contributed by atoms with Crippen LogP contribution in [0, 0.1) is 6.92 Å². The summed E-state index contributed by atoms with van der Waals surface area (Å²) in [5.41, 5.74) is 3.34. The van der Waals surface area contributed by atoms with E-state index in [0.717, 1.165) is 21.2 Å². The highest BCUT2D eigenvalue weighted by molar-refractivity contribution is 9.10. The quantitative estimate of drug-likeness (QED) is 0.374. The maximum Gasteiger partial charge on any atom is 0.264 e. The van der Waals surface area contributed by atoms with E-state index < -0.39 is 11.5 Å². The first-order valence-corrected chi connectivity index (χ1v) is 12.2. The first kappa shape index (κ1) is 24.1. The van der Waals surface area contributed by atoms with E-state index in [4.69, 9.17) is 0 Å². The monoisotopic (exact) mass is 517 g/mol. The number of anilines is 1. The minimum Gasteiger partial charge on any atom is -0.375 e. The summed E-state index contributed by atoms with van der Waals surface area (Å²) >= 11 is 3.45. The number of hydrogen-bond acceptors (Lipinski definition) is 3. The Hall–Kier alpha value is -3.02. The SMILES string of the molecule is Cc1ccc(C(C)C)cc1CN1C(=O)C(O)(CC(=O)C=Cc2ccccc2)c2cc(Br)ccc21. The van der Waals surface area contributed by atoms with E-state index in [1.165, 1.54) is 11.6 Å². The molecule has 4 nitrogen and oxygen atoms in total. The van der Waals surface area contributed by atoms with Gasteiger partial charge in [0.15, 0.2) is 11.4 Å². The molecule has 1 N–H and O–H groups in total. The van der Waals surface area contributed by atoms with Crippen LogP contribution in [0.2, 0.25) is 0 Å². The van der Waals surface area contributed by atoms with Crippen molar-refractivity contribution in [2.75, 3.05) is 4.90 Å². The van der Waals surface area contributed by atoms with E-state index in [1.807, 2.05) is 49.4 Å². The normalized spacial score (nSPS) is 17.6. The topological polar surface area (TPSA) is 57.6 Å². The lowest BCUT2D eigenvalue weighted by Crippen LogP contribution is -2.41. The van der Waals surface area contributed by atoms with Gasteiger partial charge in [-0.05, 0) is 59.4 Å². The van der Waals surface area contributed by atoms with Crippen LogP contribution in [-0.4, -0.2) is 16.8 Å². The summed E-state index contributed by atoms with van der Waals surface area (Å²) in [5.74, 6) is -0.426. The molecule has 5 heteroatoms. The Labute approximate surface area is 209 Å². The van der Waals surface area contributed by atoms with Crippen molar-refractivity contribution >= 4 is 39.4 Å². The molecular formula is C29H28BrNO3. The summed E-state index contributed by atoms with van der Waals surface area (Å²) in [6.07, 6.45) is 2.81. The molecule has 0 aliphatic carbocycles. The van der Waals surface area contributed by atoms with Crippen molar-refractivity contribution in [3.8, 4) is 0 Å². The third kappa shape index (κ3) is 4.77. The molecule has 0 saturated carbocycles. The van der Waals surface area contributed by atoms with E-state index >= 15 is 0 Å². The average molecular weight is 518 g/mol. The van der Waals surface area contributed by atoms with Crippen molar-refractivity contribution in [2.24, 2.45) is 0 Å². The van der Waals surface area contributed by atoms with Crippen LogP contribution < -0.4 is 4.90 Å². The fourth-order valence-electron chi connectivity index (χ4n) is 4.31. The number of aryl methyl sites for hydroxylation is 1.